The maximum absolute atomic E-state index is 12.7. The highest BCUT2D eigenvalue weighted by atomic mass is 16.7. The molecule has 0 spiro atoms. The zero-order valence-corrected chi connectivity index (χ0v) is 17.8. The lowest BCUT2D eigenvalue weighted by Crippen LogP contribution is -3.12. The van der Waals surface area contributed by atoms with E-state index in [0.29, 0.717) is 6.54 Å². The topological polar surface area (TPSA) is 81.1 Å². The van der Waals surface area contributed by atoms with E-state index in [4.69, 9.17) is 9.47 Å². The molecule has 4 aliphatic carbocycles. The number of likely N-dealkylation sites (N-methyl/N-ethyl adjacent to an activating group) is 1. The van der Waals surface area contributed by atoms with Crippen LogP contribution in [0.25, 0.3) is 0 Å². The highest BCUT2D eigenvalue weighted by Gasteiger charge is 2.51. The molecule has 4 bridgehead atoms. The minimum atomic E-state index is -0.350. The van der Waals surface area contributed by atoms with Crippen LogP contribution in [0.15, 0.2) is 18.2 Å². The number of carbonyl (C=O) groups is 2. The summed E-state index contributed by atoms with van der Waals surface area (Å²) < 4.78 is 10.8. The van der Waals surface area contributed by atoms with Crippen LogP contribution in [0.2, 0.25) is 0 Å². The molecule has 7 nitrogen and oxygen atoms in total. The third kappa shape index (κ3) is 3.75. The van der Waals surface area contributed by atoms with Crippen LogP contribution in [-0.4, -0.2) is 37.4 Å². The number of carbonyl (C=O) groups excluding carboxylic acids is 2. The Kier molecular flexibility index (Phi) is 4.88. The Balaban J connectivity index is 1.15. The summed E-state index contributed by atoms with van der Waals surface area (Å²) in [5.74, 6) is 3.52. The lowest BCUT2D eigenvalue weighted by Gasteiger charge is -2.56. The van der Waals surface area contributed by atoms with Gasteiger partial charge in [0, 0.05) is 11.1 Å². The molecule has 0 aromatic heterocycles. The van der Waals surface area contributed by atoms with E-state index in [-0.39, 0.29) is 30.3 Å². The fourth-order valence-corrected chi connectivity index (χ4v) is 6.51. The normalized spacial score (nSPS) is 32.5. The Bertz CT molecular complexity index is 820. The Labute approximate surface area is 177 Å². The second-order valence-electron chi connectivity index (χ2n) is 10.1. The van der Waals surface area contributed by atoms with E-state index < -0.39 is 0 Å². The number of amides is 3. The van der Waals surface area contributed by atoms with Gasteiger partial charge in [0.1, 0.15) is 6.54 Å². The van der Waals surface area contributed by atoms with Gasteiger partial charge in [0.25, 0.3) is 5.91 Å². The van der Waals surface area contributed by atoms with Crippen molar-refractivity contribution in [2.24, 2.45) is 17.8 Å². The van der Waals surface area contributed by atoms with Gasteiger partial charge in [-0.05, 0) is 81.4 Å². The van der Waals surface area contributed by atoms with Gasteiger partial charge in [0.05, 0.1) is 7.05 Å². The van der Waals surface area contributed by atoms with Crippen LogP contribution >= 0.6 is 0 Å². The van der Waals surface area contributed by atoms with Gasteiger partial charge in [-0.25, -0.2) is 4.79 Å². The first-order valence-corrected chi connectivity index (χ1v) is 11.2. The van der Waals surface area contributed by atoms with Gasteiger partial charge >= 0.3 is 6.03 Å². The van der Waals surface area contributed by atoms with Crippen molar-refractivity contribution in [2.75, 3.05) is 13.8 Å². The number of quaternary nitrogens is 1. The molecule has 1 aromatic carbocycles. The van der Waals surface area contributed by atoms with Gasteiger partial charge in [0.2, 0.25) is 6.79 Å². The van der Waals surface area contributed by atoms with Crippen molar-refractivity contribution >= 4 is 11.9 Å². The van der Waals surface area contributed by atoms with Crippen LogP contribution in [0.5, 0.6) is 11.5 Å². The van der Waals surface area contributed by atoms with Gasteiger partial charge in [-0.1, -0.05) is 0 Å². The van der Waals surface area contributed by atoms with Gasteiger partial charge in [-0.15, -0.1) is 0 Å². The number of fused-ring (bicyclic) bond motifs is 1. The van der Waals surface area contributed by atoms with E-state index in [1.165, 1.54) is 19.3 Å². The minimum absolute atomic E-state index is 0.0897. The Morgan fingerprint density at radius 3 is 2.40 bits per heavy atom. The van der Waals surface area contributed by atoms with E-state index >= 15 is 0 Å². The number of nitrogens with one attached hydrogen (secondary N) is 3. The second-order valence-corrected chi connectivity index (χ2v) is 10.1. The van der Waals surface area contributed by atoms with Crippen LogP contribution < -0.4 is 25.0 Å². The number of hydrogen-bond donors (Lipinski definition) is 3. The molecule has 4 saturated carbocycles. The fraction of sp³-hybridized carbons (Fsp3) is 0.652. The average Bonchev–Trinajstić information content (AvgIpc) is 3.13. The van der Waals surface area contributed by atoms with E-state index in [9.17, 15) is 9.59 Å². The maximum Gasteiger partial charge on any atom is 0.322 e. The lowest BCUT2D eigenvalue weighted by atomic mass is 9.53. The third-order valence-electron chi connectivity index (χ3n) is 7.71. The number of hydrogen-bond acceptors (Lipinski definition) is 4. The molecule has 6 rings (SSSR count). The van der Waals surface area contributed by atoms with Crippen molar-refractivity contribution in [1.29, 1.82) is 0 Å². The van der Waals surface area contributed by atoms with Crippen molar-refractivity contribution in [2.45, 2.75) is 63.6 Å². The zero-order valence-electron chi connectivity index (χ0n) is 17.8. The van der Waals surface area contributed by atoms with Crippen LogP contribution in [0.4, 0.5) is 4.79 Å². The van der Waals surface area contributed by atoms with Crippen LogP contribution in [0.3, 0.4) is 0 Å². The predicted molar refractivity (Wildman–Crippen MR) is 110 cm³/mol. The van der Waals surface area contributed by atoms with Gasteiger partial charge in [-0.2, -0.15) is 0 Å². The SMILES string of the molecule is C[C@H](C(=O)NC(=O)NC12CC3CC(CC(C3)C1)C2)[NH+](C)Cc1ccc2c(c1)OCO2. The molecule has 1 unspecified atom stereocenters. The van der Waals surface area contributed by atoms with Crippen molar-refractivity contribution in [3.8, 4) is 11.5 Å². The summed E-state index contributed by atoms with van der Waals surface area (Å²) in [5, 5.41) is 5.83. The van der Waals surface area contributed by atoms with E-state index in [1.54, 1.807) is 0 Å². The molecule has 1 aromatic rings. The number of urea groups is 1. The smallest absolute Gasteiger partial charge is 0.322 e. The average molecular weight is 415 g/mol. The molecule has 30 heavy (non-hydrogen) atoms. The molecule has 0 radical (unpaired) electrons. The van der Waals surface area contributed by atoms with Crippen molar-refractivity contribution in [1.82, 2.24) is 10.6 Å². The highest BCUT2D eigenvalue weighted by Crippen LogP contribution is 2.55. The number of rotatable bonds is 5. The summed E-state index contributed by atoms with van der Waals surface area (Å²) in [6, 6.07) is 5.16. The summed E-state index contributed by atoms with van der Waals surface area (Å²) >= 11 is 0. The van der Waals surface area contributed by atoms with Crippen LogP contribution in [0, 0.1) is 17.8 Å². The lowest BCUT2D eigenvalue weighted by molar-refractivity contribution is -0.908. The zero-order chi connectivity index (χ0) is 20.9. The fourth-order valence-electron chi connectivity index (χ4n) is 6.51. The molecule has 3 amide bonds. The van der Waals surface area contributed by atoms with Crippen LogP contribution in [-0.2, 0) is 11.3 Å². The summed E-state index contributed by atoms with van der Waals surface area (Å²) in [7, 11) is 1.96. The monoisotopic (exact) mass is 414 g/mol. The van der Waals surface area contributed by atoms with Gasteiger partial charge < -0.3 is 19.7 Å². The molecule has 1 aliphatic heterocycles. The van der Waals surface area contributed by atoms with E-state index in [1.807, 2.05) is 32.2 Å². The van der Waals surface area contributed by atoms with Crippen molar-refractivity contribution < 1.29 is 24.0 Å². The molecule has 162 valence electrons. The molecule has 0 saturated heterocycles. The first-order chi connectivity index (χ1) is 14.4. The molecule has 7 heteroatoms. The predicted octanol–water partition coefficient (Wildman–Crippen LogP) is 1.61. The molecular formula is C23H32N3O4+. The third-order valence-corrected chi connectivity index (χ3v) is 7.71. The molecule has 4 fully saturated rings. The summed E-state index contributed by atoms with van der Waals surface area (Å²) in [5.41, 5.74) is 0.975. The highest BCUT2D eigenvalue weighted by molar-refractivity contribution is 5.96. The Morgan fingerprint density at radius 1 is 1.10 bits per heavy atom. The van der Waals surface area contributed by atoms with Crippen molar-refractivity contribution in [3.63, 3.8) is 0 Å². The largest absolute Gasteiger partial charge is 0.454 e. The van der Waals surface area contributed by atoms with E-state index in [0.717, 1.165) is 59.0 Å². The van der Waals surface area contributed by atoms with E-state index in [2.05, 4.69) is 10.6 Å². The molecular weight excluding hydrogens is 382 g/mol. The minimum Gasteiger partial charge on any atom is -0.454 e. The van der Waals surface area contributed by atoms with Crippen molar-refractivity contribution in [3.05, 3.63) is 23.8 Å². The number of imide groups is 1. The maximum atomic E-state index is 12.7. The summed E-state index contributed by atoms with van der Waals surface area (Å²) in [6.45, 7) is 2.76. The molecule has 5 aliphatic rings. The summed E-state index contributed by atoms with van der Waals surface area (Å²) in [4.78, 5) is 26.4. The van der Waals surface area contributed by atoms with Gasteiger partial charge in [0.15, 0.2) is 17.5 Å². The van der Waals surface area contributed by atoms with Gasteiger partial charge in [-0.3, -0.25) is 10.1 Å². The first-order valence-electron chi connectivity index (χ1n) is 11.2. The standard InChI is InChI=1S/C23H31N3O4/c1-14(26(2)12-15-3-4-19-20(8-15)30-13-29-19)21(27)24-22(28)25-23-9-16-5-17(10-23)7-18(6-16)11-23/h3-4,8,14,16-18H,5-7,9-13H2,1-2H3,(H2,24,25,27,28)/p+1/t14-,16?,17?,18?,23?/m1/s1. The quantitative estimate of drug-likeness (QED) is 0.684. The Hall–Kier alpha value is -2.28. The number of benzene rings is 1. The first kappa shape index (κ1) is 19.7. The molecule has 2 atom stereocenters. The summed E-state index contributed by atoms with van der Waals surface area (Å²) in [6.07, 6.45) is 7.20. The van der Waals surface area contributed by atoms with Crippen LogP contribution in [0.1, 0.15) is 51.0 Å². The number of ether oxygens (including phenoxy) is 2. The molecule has 3 N–H and O–H groups in total. The second kappa shape index (κ2) is 7.45. The Morgan fingerprint density at radius 2 is 1.73 bits per heavy atom. The molecule has 1 heterocycles.